The van der Waals surface area contributed by atoms with Crippen molar-refractivity contribution in [1.29, 1.82) is 0 Å². The maximum Gasteiger partial charge on any atom is -0.00262 e. The summed E-state index contributed by atoms with van der Waals surface area (Å²) in [5.41, 5.74) is 7.92. The van der Waals surface area contributed by atoms with Gasteiger partial charge in [-0.15, -0.1) is 0 Å². The lowest BCUT2D eigenvalue weighted by Gasteiger charge is -2.20. The van der Waals surface area contributed by atoms with E-state index in [-0.39, 0.29) is 0 Å². The van der Waals surface area contributed by atoms with Gasteiger partial charge in [0.2, 0.25) is 0 Å². The molecule has 0 fully saturated rings. The smallest absolute Gasteiger partial charge is 0.00262 e. The molecule has 0 amide bonds. The zero-order valence-electron chi connectivity index (χ0n) is 18.0. The van der Waals surface area contributed by atoms with Gasteiger partial charge in [0.1, 0.15) is 0 Å². The lowest BCUT2D eigenvalue weighted by atomic mass is 9.83. The molecule has 0 aliphatic heterocycles. The quantitative estimate of drug-likeness (QED) is 0.261. The Labute approximate surface area is 189 Å². The molecule has 0 atom stereocenters. The molecule has 1 aliphatic carbocycles. The first kappa shape index (κ1) is 18.8. The molecular formula is C32H24. The van der Waals surface area contributed by atoms with Crippen molar-refractivity contribution >= 4 is 27.1 Å². The molecule has 0 saturated carbocycles. The first-order valence-corrected chi connectivity index (χ1v) is 11.4. The Kier molecular flexibility index (Phi) is 4.70. The highest BCUT2D eigenvalue weighted by molar-refractivity contribution is 6.19. The fraction of sp³-hybridized carbons (Fsp3) is 0.0625. The largest absolute Gasteiger partial charge is 0.0842 e. The minimum absolute atomic E-state index is 1.09. The molecule has 32 heavy (non-hydrogen) atoms. The number of benzene rings is 5. The van der Waals surface area contributed by atoms with E-state index in [4.69, 9.17) is 0 Å². The summed E-state index contributed by atoms with van der Waals surface area (Å²) < 4.78 is 0. The van der Waals surface area contributed by atoms with E-state index in [0.29, 0.717) is 0 Å². The van der Waals surface area contributed by atoms with E-state index in [2.05, 4.69) is 121 Å². The van der Waals surface area contributed by atoms with E-state index >= 15 is 0 Å². The summed E-state index contributed by atoms with van der Waals surface area (Å²) in [6.07, 6.45) is 8.97. The summed E-state index contributed by atoms with van der Waals surface area (Å²) in [6.45, 7) is 0. The number of fused-ring (bicyclic) bond motifs is 2. The standard InChI is InChI=1S/C32H24/c1-3-12-23(13-4-1)25-16-11-17-26(22-25)32-29-20-9-7-18-27(29)31(24-14-5-2-6-15-24)28-19-8-10-21-30(28)32/h1-5,7-14,16-22H,6,15H2. The summed E-state index contributed by atoms with van der Waals surface area (Å²) in [7, 11) is 0. The summed E-state index contributed by atoms with van der Waals surface area (Å²) in [5.74, 6) is 0. The molecule has 0 bridgehead atoms. The predicted molar refractivity (Wildman–Crippen MR) is 139 cm³/mol. The third kappa shape index (κ3) is 3.16. The van der Waals surface area contributed by atoms with Gasteiger partial charge in [0.05, 0.1) is 0 Å². The second-order valence-electron chi connectivity index (χ2n) is 8.45. The Morgan fingerprint density at radius 3 is 1.66 bits per heavy atom. The molecule has 5 aromatic rings. The number of hydrogen-bond acceptors (Lipinski definition) is 0. The molecule has 5 aromatic carbocycles. The molecule has 0 aromatic heterocycles. The number of rotatable bonds is 3. The fourth-order valence-electron chi connectivity index (χ4n) is 5.08. The summed E-state index contributed by atoms with van der Waals surface area (Å²) in [4.78, 5) is 0. The molecular weight excluding hydrogens is 384 g/mol. The Balaban J connectivity index is 1.69. The molecule has 0 spiro atoms. The van der Waals surface area contributed by atoms with Crippen LogP contribution in [0, 0.1) is 0 Å². The van der Waals surface area contributed by atoms with Crippen molar-refractivity contribution in [2.45, 2.75) is 12.8 Å². The minimum atomic E-state index is 1.09. The molecule has 152 valence electrons. The number of hydrogen-bond donors (Lipinski definition) is 0. The number of allylic oxidation sites excluding steroid dienone is 4. The summed E-state index contributed by atoms with van der Waals surface area (Å²) in [5, 5.41) is 5.32. The van der Waals surface area contributed by atoms with Crippen LogP contribution >= 0.6 is 0 Å². The molecule has 0 N–H and O–H groups in total. The Morgan fingerprint density at radius 2 is 1.03 bits per heavy atom. The Morgan fingerprint density at radius 1 is 0.469 bits per heavy atom. The van der Waals surface area contributed by atoms with Crippen molar-refractivity contribution in [1.82, 2.24) is 0 Å². The average molecular weight is 409 g/mol. The van der Waals surface area contributed by atoms with Gasteiger partial charge in [-0.05, 0) is 73.8 Å². The lowest BCUT2D eigenvalue weighted by molar-refractivity contribution is 1.06. The first-order valence-electron chi connectivity index (χ1n) is 11.4. The van der Waals surface area contributed by atoms with E-state index in [1.807, 2.05) is 0 Å². The van der Waals surface area contributed by atoms with Crippen LogP contribution in [0.15, 0.2) is 121 Å². The van der Waals surface area contributed by atoms with Crippen LogP contribution in [-0.4, -0.2) is 0 Å². The van der Waals surface area contributed by atoms with Crippen LogP contribution in [0.2, 0.25) is 0 Å². The van der Waals surface area contributed by atoms with Crippen molar-refractivity contribution < 1.29 is 0 Å². The first-order chi connectivity index (χ1) is 15.9. The van der Waals surface area contributed by atoms with Crippen LogP contribution in [0.25, 0.3) is 49.4 Å². The van der Waals surface area contributed by atoms with Gasteiger partial charge in [-0.25, -0.2) is 0 Å². The average Bonchev–Trinajstić information content (AvgIpc) is 2.88. The zero-order valence-corrected chi connectivity index (χ0v) is 18.0. The van der Waals surface area contributed by atoms with Gasteiger partial charge in [0.25, 0.3) is 0 Å². The van der Waals surface area contributed by atoms with Crippen molar-refractivity contribution in [3.63, 3.8) is 0 Å². The molecule has 0 unspecified atom stereocenters. The fourth-order valence-corrected chi connectivity index (χ4v) is 5.08. The molecule has 0 heteroatoms. The lowest BCUT2D eigenvalue weighted by Crippen LogP contribution is -1.95. The van der Waals surface area contributed by atoms with E-state index in [1.54, 1.807) is 0 Å². The van der Waals surface area contributed by atoms with Crippen LogP contribution in [0.5, 0.6) is 0 Å². The van der Waals surface area contributed by atoms with Gasteiger partial charge in [0, 0.05) is 0 Å². The predicted octanol–water partition coefficient (Wildman–Crippen LogP) is 9.06. The molecule has 0 saturated heterocycles. The van der Waals surface area contributed by atoms with E-state index in [9.17, 15) is 0 Å². The van der Waals surface area contributed by atoms with Crippen LogP contribution < -0.4 is 0 Å². The van der Waals surface area contributed by atoms with Gasteiger partial charge >= 0.3 is 0 Å². The molecule has 0 heterocycles. The molecule has 1 aliphatic rings. The van der Waals surface area contributed by atoms with E-state index in [0.717, 1.165) is 12.8 Å². The molecule has 0 nitrogen and oxygen atoms in total. The van der Waals surface area contributed by atoms with Crippen molar-refractivity contribution in [3.8, 4) is 22.3 Å². The second kappa shape index (κ2) is 7.98. The van der Waals surface area contributed by atoms with Crippen LogP contribution in [0.1, 0.15) is 18.4 Å². The minimum Gasteiger partial charge on any atom is -0.0842 e. The monoisotopic (exact) mass is 408 g/mol. The topological polar surface area (TPSA) is 0 Å². The molecule has 0 radical (unpaired) electrons. The second-order valence-corrected chi connectivity index (χ2v) is 8.45. The van der Waals surface area contributed by atoms with Gasteiger partial charge in [0.15, 0.2) is 0 Å². The maximum atomic E-state index is 2.34. The van der Waals surface area contributed by atoms with Gasteiger partial charge in [-0.3, -0.25) is 0 Å². The summed E-state index contributed by atoms with van der Waals surface area (Å²) in [6, 6.07) is 37.5. The van der Waals surface area contributed by atoms with Crippen LogP contribution in [0.4, 0.5) is 0 Å². The molecule has 6 rings (SSSR count). The van der Waals surface area contributed by atoms with E-state index < -0.39 is 0 Å². The highest BCUT2D eigenvalue weighted by atomic mass is 14.2. The van der Waals surface area contributed by atoms with Crippen molar-refractivity contribution in [2.75, 3.05) is 0 Å². The van der Waals surface area contributed by atoms with Crippen molar-refractivity contribution in [2.24, 2.45) is 0 Å². The Hall–Kier alpha value is -3.90. The maximum absolute atomic E-state index is 2.34. The van der Waals surface area contributed by atoms with Crippen LogP contribution in [-0.2, 0) is 0 Å². The highest BCUT2D eigenvalue weighted by Crippen LogP contribution is 2.43. The third-order valence-corrected chi connectivity index (χ3v) is 6.52. The normalized spacial score (nSPS) is 13.4. The Bertz CT molecular complexity index is 1440. The SMILES string of the molecule is C1=CCCC(c2c3ccccc3c(-c3cccc(-c4ccccc4)c3)c3ccccc23)=C1. The van der Waals surface area contributed by atoms with Crippen molar-refractivity contribution in [3.05, 3.63) is 127 Å². The highest BCUT2D eigenvalue weighted by Gasteiger charge is 2.18. The van der Waals surface area contributed by atoms with Crippen LogP contribution in [0.3, 0.4) is 0 Å². The summed E-state index contributed by atoms with van der Waals surface area (Å²) >= 11 is 0. The van der Waals surface area contributed by atoms with E-state index in [1.165, 1.54) is 54.9 Å². The van der Waals surface area contributed by atoms with Gasteiger partial charge < -0.3 is 0 Å². The van der Waals surface area contributed by atoms with Gasteiger partial charge in [-0.1, -0.05) is 115 Å². The van der Waals surface area contributed by atoms with Gasteiger partial charge in [-0.2, -0.15) is 0 Å². The zero-order chi connectivity index (χ0) is 21.3. The third-order valence-electron chi connectivity index (χ3n) is 6.52.